The molecule has 1 fully saturated rings. The first-order valence-electron chi connectivity index (χ1n) is 5.48. The van der Waals surface area contributed by atoms with Crippen molar-refractivity contribution in [1.29, 1.82) is 0 Å². The van der Waals surface area contributed by atoms with Gasteiger partial charge in [-0.15, -0.1) is 0 Å². The van der Waals surface area contributed by atoms with Gasteiger partial charge in [0.2, 0.25) is 0 Å². The Balaban J connectivity index is 2.34. The van der Waals surface area contributed by atoms with Gasteiger partial charge in [0, 0.05) is 17.4 Å². The topological polar surface area (TPSA) is 42.2 Å². The van der Waals surface area contributed by atoms with Crippen molar-refractivity contribution in [2.75, 3.05) is 0 Å². The number of aliphatic carboxylic acids is 1. The first-order valence-corrected chi connectivity index (χ1v) is 5.48. The highest BCUT2D eigenvalue weighted by Crippen LogP contribution is 2.37. The van der Waals surface area contributed by atoms with Gasteiger partial charge in [-0.25, -0.2) is 0 Å². The summed E-state index contributed by atoms with van der Waals surface area (Å²) in [4.78, 5) is 11.1. The summed E-state index contributed by atoms with van der Waals surface area (Å²) >= 11 is 0. The van der Waals surface area contributed by atoms with Crippen LogP contribution in [0.2, 0.25) is 0 Å². The maximum atomic E-state index is 11.1. The Morgan fingerprint density at radius 3 is 2.47 bits per heavy atom. The Morgan fingerprint density at radius 1 is 1.33 bits per heavy atom. The average molecular weight is 207 g/mol. The summed E-state index contributed by atoms with van der Waals surface area (Å²) in [7, 11) is 0. The van der Waals surface area contributed by atoms with E-state index in [4.69, 9.17) is 5.11 Å². The molecule has 1 aromatic rings. The van der Waals surface area contributed by atoms with E-state index in [2.05, 4.69) is 16.7 Å². The lowest BCUT2D eigenvalue weighted by molar-refractivity contribution is -0.142. The monoisotopic (exact) mass is 207 g/mol. The number of carbonyl (C=O) groups is 1. The molecule has 0 amide bonds. The lowest BCUT2D eigenvalue weighted by atomic mass is 10.0. The smallest absolute Gasteiger partial charge is 0.308 e. The van der Waals surface area contributed by atoms with E-state index >= 15 is 0 Å². The molecule has 0 radical (unpaired) electrons. The third kappa shape index (κ3) is 1.66. The fourth-order valence-corrected chi connectivity index (χ4v) is 2.74. The first-order chi connectivity index (χ1) is 7.11. The van der Waals surface area contributed by atoms with Crippen LogP contribution < -0.4 is 0 Å². The molecule has 0 aliphatic heterocycles. The normalized spacial score (nSPS) is 25.7. The molecule has 15 heavy (non-hydrogen) atoms. The second kappa shape index (κ2) is 3.72. The Labute approximate surface area is 89.7 Å². The van der Waals surface area contributed by atoms with Gasteiger partial charge in [-0.1, -0.05) is 6.42 Å². The lowest BCUT2D eigenvalue weighted by Gasteiger charge is -2.21. The van der Waals surface area contributed by atoms with Crippen LogP contribution in [0.25, 0.3) is 0 Å². The van der Waals surface area contributed by atoms with E-state index < -0.39 is 5.97 Å². The number of nitrogens with zero attached hydrogens (tertiary/aromatic N) is 1. The van der Waals surface area contributed by atoms with Crippen molar-refractivity contribution in [2.45, 2.75) is 39.2 Å². The zero-order valence-electron chi connectivity index (χ0n) is 9.23. The van der Waals surface area contributed by atoms with Crippen LogP contribution in [0.5, 0.6) is 0 Å². The highest BCUT2D eigenvalue weighted by Gasteiger charge is 2.34. The predicted molar refractivity (Wildman–Crippen MR) is 57.9 cm³/mol. The Hall–Kier alpha value is -1.25. The zero-order chi connectivity index (χ0) is 11.0. The van der Waals surface area contributed by atoms with Crippen molar-refractivity contribution < 1.29 is 9.90 Å². The molecule has 0 spiro atoms. The maximum absolute atomic E-state index is 11.1. The quantitative estimate of drug-likeness (QED) is 0.809. The second-order valence-corrected chi connectivity index (χ2v) is 4.43. The third-order valence-corrected chi connectivity index (χ3v) is 3.45. The minimum atomic E-state index is -0.648. The van der Waals surface area contributed by atoms with E-state index in [-0.39, 0.29) is 12.0 Å². The first kappa shape index (κ1) is 10.3. The molecule has 1 aliphatic rings. The van der Waals surface area contributed by atoms with E-state index in [1.165, 1.54) is 11.4 Å². The van der Waals surface area contributed by atoms with E-state index in [9.17, 15) is 4.79 Å². The predicted octanol–water partition coefficient (Wildman–Crippen LogP) is 2.53. The second-order valence-electron chi connectivity index (χ2n) is 4.43. The van der Waals surface area contributed by atoms with Crippen LogP contribution in [0.15, 0.2) is 12.1 Å². The molecule has 0 saturated heterocycles. The minimum absolute atomic E-state index is 0.164. The summed E-state index contributed by atoms with van der Waals surface area (Å²) in [6, 6.07) is 4.29. The molecule has 82 valence electrons. The van der Waals surface area contributed by atoms with Crippen LogP contribution in [0, 0.1) is 19.8 Å². The highest BCUT2D eigenvalue weighted by molar-refractivity contribution is 5.71. The van der Waals surface area contributed by atoms with E-state index in [0.29, 0.717) is 0 Å². The van der Waals surface area contributed by atoms with Crippen LogP contribution in [0.3, 0.4) is 0 Å². The number of aryl methyl sites for hydroxylation is 2. The molecular weight excluding hydrogens is 190 g/mol. The molecule has 3 heteroatoms. The number of hydrogen-bond acceptors (Lipinski definition) is 1. The van der Waals surface area contributed by atoms with Crippen molar-refractivity contribution in [3.63, 3.8) is 0 Å². The van der Waals surface area contributed by atoms with Gasteiger partial charge in [0.05, 0.1) is 5.92 Å². The fraction of sp³-hybridized carbons (Fsp3) is 0.583. The van der Waals surface area contributed by atoms with Crippen molar-refractivity contribution >= 4 is 5.97 Å². The average Bonchev–Trinajstić information content (AvgIpc) is 2.73. The standard InChI is InChI=1S/C12H17NO2/c1-8-6-7-9(2)13(8)11-5-3-4-10(11)12(14)15/h6-7,10-11H,3-5H2,1-2H3,(H,14,15). The largest absolute Gasteiger partial charge is 0.481 e. The van der Waals surface area contributed by atoms with Crippen LogP contribution in [0.1, 0.15) is 36.7 Å². The Bertz CT molecular complexity index is 361. The molecule has 1 aromatic heterocycles. The SMILES string of the molecule is Cc1ccc(C)n1C1CCCC1C(=O)O. The summed E-state index contributed by atoms with van der Waals surface area (Å²) in [5.74, 6) is -0.847. The summed E-state index contributed by atoms with van der Waals surface area (Å²) in [5, 5.41) is 9.15. The summed E-state index contributed by atoms with van der Waals surface area (Å²) in [6.45, 7) is 4.09. The van der Waals surface area contributed by atoms with Crippen molar-refractivity contribution in [3.05, 3.63) is 23.5 Å². The van der Waals surface area contributed by atoms with Crippen molar-refractivity contribution in [2.24, 2.45) is 5.92 Å². The Kier molecular flexibility index (Phi) is 2.55. The molecular formula is C12H17NO2. The fourth-order valence-electron chi connectivity index (χ4n) is 2.74. The number of aromatic nitrogens is 1. The van der Waals surface area contributed by atoms with Gasteiger partial charge in [-0.3, -0.25) is 4.79 Å². The number of rotatable bonds is 2. The van der Waals surface area contributed by atoms with Gasteiger partial charge in [0.25, 0.3) is 0 Å². The molecule has 2 rings (SSSR count). The van der Waals surface area contributed by atoms with Crippen molar-refractivity contribution in [1.82, 2.24) is 4.57 Å². The van der Waals surface area contributed by atoms with Crippen LogP contribution in [0.4, 0.5) is 0 Å². The molecule has 2 atom stereocenters. The van der Waals surface area contributed by atoms with Gasteiger partial charge < -0.3 is 9.67 Å². The third-order valence-electron chi connectivity index (χ3n) is 3.45. The van der Waals surface area contributed by atoms with Crippen LogP contribution >= 0.6 is 0 Å². The molecule has 0 aromatic carbocycles. The van der Waals surface area contributed by atoms with E-state index in [0.717, 1.165) is 19.3 Å². The van der Waals surface area contributed by atoms with Gasteiger partial charge in [0.1, 0.15) is 0 Å². The minimum Gasteiger partial charge on any atom is -0.481 e. The van der Waals surface area contributed by atoms with Gasteiger partial charge in [-0.05, 0) is 38.8 Å². The molecule has 1 saturated carbocycles. The van der Waals surface area contributed by atoms with E-state index in [1.54, 1.807) is 0 Å². The molecule has 1 heterocycles. The summed E-state index contributed by atoms with van der Waals surface area (Å²) in [6.07, 6.45) is 2.84. The summed E-state index contributed by atoms with van der Waals surface area (Å²) < 4.78 is 2.19. The number of carboxylic acid groups (broad SMARTS) is 1. The Morgan fingerprint density at radius 2 is 1.93 bits per heavy atom. The number of carboxylic acids is 1. The maximum Gasteiger partial charge on any atom is 0.308 e. The summed E-state index contributed by atoms with van der Waals surface area (Å²) in [5.41, 5.74) is 2.34. The molecule has 1 aliphatic carbocycles. The lowest BCUT2D eigenvalue weighted by Crippen LogP contribution is -2.22. The van der Waals surface area contributed by atoms with Gasteiger partial charge >= 0.3 is 5.97 Å². The molecule has 1 N–H and O–H groups in total. The van der Waals surface area contributed by atoms with Crippen LogP contribution in [-0.4, -0.2) is 15.6 Å². The van der Waals surface area contributed by atoms with Crippen molar-refractivity contribution in [3.8, 4) is 0 Å². The van der Waals surface area contributed by atoms with Gasteiger partial charge in [-0.2, -0.15) is 0 Å². The molecule has 0 bridgehead atoms. The highest BCUT2D eigenvalue weighted by atomic mass is 16.4. The molecule has 2 unspecified atom stereocenters. The molecule has 3 nitrogen and oxygen atoms in total. The zero-order valence-corrected chi connectivity index (χ0v) is 9.23. The number of hydrogen-bond donors (Lipinski definition) is 1. The van der Waals surface area contributed by atoms with Gasteiger partial charge in [0.15, 0.2) is 0 Å². The van der Waals surface area contributed by atoms with Crippen LogP contribution in [-0.2, 0) is 4.79 Å². The van der Waals surface area contributed by atoms with E-state index in [1.807, 2.05) is 13.8 Å².